The molecule has 1 N–H and O–H groups in total. The molecule has 0 aromatic rings. The molecule has 0 aromatic heterocycles. The molecule has 47 heavy (non-hydrogen) atoms. The smallest absolute Gasteiger partial charge is 0.0704 e. The third kappa shape index (κ3) is 37.3. The van der Waals surface area contributed by atoms with E-state index in [4.69, 9.17) is 56.8 Å². The van der Waals surface area contributed by atoms with Gasteiger partial charge in [-0.3, -0.25) is 0 Å². The molecule has 0 aliphatic carbocycles. The van der Waals surface area contributed by atoms with Gasteiger partial charge in [0.1, 0.15) is 0 Å². The van der Waals surface area contributed by atoms with Gasteiger partial charge in [0, 0.05) is 6.61 Å². The van der Waals surface area contributed by atoms with Gasteiger partial charge in [0.15, 0.2) is 0 Å². The molecular formula is C33H66INO12. The second kappa shape index (κ2) is 40.6. The van der Waals surface area contributed by atoms with E-state index in [2.05, 4.69) is 27.9 Å². The molecule has 13 nitrogen and oxygen atoms in total. The number of ether oxygens (including phenoxy) is 12. The fraction of sp³-hybridized carbons (Fsp3) is 1.00. The number of hydrogen-bond donors (Lipinski definition) is 1. The second-order valence-corrected chi connectivity index (χ2v) is 11.7. The Morgan fingerprint density at radius 1 is 0.340 bits per heavy atom. The minimum Gasteiger partial charge on any atom is -0.379 e. The molecule has 14 heteroatoms. The lowest BCUT2D eigenvalue weighted by Gasteiger charge is -2.22. The summed E-state index contributed by atoms with van der Waals surface area (Å²) in [6.45, 7) is 15.1. The van der Waals surface area contributed by atoms with Crippen molar-refractivity contribution in [3.8, 4) is 0 Å². The first-order chi connectivity index (χ1) is 23.4. The van der Waals surface area contributed by atoms with Crippen LogP contribution in [0.1, 0.15) is 38.5 Å². The molecule has 1 aliphatic rings. The van der Waals surface area contributed by atoms with Crippen molar-refractivity contribution in [3.05, 3.63) is 0 Å². The molecule has 0 saturated carbocycles. The molecule has 1 aliphatic heterocycles. The lowest BCUT2D eigenvalue weighted by atomic mass is 10.1. The van der Waals surface area contributed by atoms with Crippen LogP contribution in [0.5, 0.6) is 0 Å². The highest BCUT2D eigenvalue weighted by Gasteiger charge is 2.12. The minimum atomic E-state index is 0.374. The zero-order valence-electron chi connectivity index (χ0n) is 29.0. The van der Waals surface area contributed by atoms with Crippen LogP contribution >= 0.6 is 22.6 Å². The van der Waals surface area contributed by atoms with E-state index in [1.54, 1.807) is 0 Å². The zero-order chi connectivity index (χ0) is 33.4. The predicted octanol–water partition coefficient (Wildman–Crippen LogP) is 2.93. The van der Waals surface area contributed by atoms with Gasteiger partial charge in [-0.2, -0.15) is 0 Å². The lowest BCUT2D eigenvalue weighted by Crippen LogP contribution is -2.33. The van der Waals surface area contributed by atoms with E-state index in [0.717, 1.165) is 39.0 Å². The van der Waals surface area contributed by atoms with Crippen molar-refractivity contribution in [2.45, 2.75) is 44.6 Å². The van der Waals surface area contributed by atoms with Crippen molar-refractivity contribution in [1.82, 2.24) is 5.32 Å². The topological polar surface area (TPSA) is 123 Å². The van der Waals surface area contributed by atoms with E-state index in [9.17, 15) is 0 Å². The Hall–Kier alpha value is 0.210. The summed E-state index contributed by atoms with van der Waals surface area (Å²) in [5.41, 5.74) is 0. The molecule has 282 valence electrons. The summed E-state index contributed by atoms with van der Waals surface area (Å²) >= 11 is 2.42. The first-order valence-electron chi connectivity index (χ1n) is 17.7. The molecule has 0 aromatic carbocycles. The predicted molar refractivity (Wildman–Crippen MR) is 188 cm³/mol. The number of nitrogens with one attached hydrogen (secondary N) is 1. The highest BCUT2D eigenvalue weighted by molar-refractivity contribution is 14.1. The van der Waals surface area contributed by atoms with Crippen LogP contribution in [0.3, 0.4) is 0 Å². The first kappa shape index (κ1) is 45.2. The summed E-state index contributed by atoms with van der Waals surface area (Å²) < 4.78 is 67.6. The van der Waals surface area contributed by atoms with Gasteiger partial charge in [0.2, 0.25) is 0 Å². The van der Waals surface area contributed by atoms with Gasteiger partial charge >= 0.3 is 0 Å². The highest BCUT2D eigenvalue weighted by Crippen LogP contribution is 2.06. The Morgan fingerprint density at radius 3 is 0.936 bits per heavy atom. The second-order valence-electron chi connectivity index (χ2n) is 10.7. The van der Waals surface area contributed by atoms with Crippen LogP contribution in [0.4, 0.5) is 0 Å². The normalized spacial score (nSPS) is 14.0. The molecule has 0 amide bonds. The third-order valence-corrected chi connectivity index (χ3v) is 7.52. The summed E-state index contributed by atoms with van der Waals surface area (Å²) in [6, 6.07) is 0. The third-order valence-electron chi connectivity index (χ3n) is 6.76. The molecule has 1 heterocycles. The van der Waals surface area contributed by atoms with Crippen molar-refractivity contribution < 1.29 is 56.8 Å². The van der Waals surface area contributed by atoms with Gasteiger partial charge in [-0.05, 0) is 43.2 Å². The van der Waals surface area contributed by atoms with Crippen LogP contribution in [0.25, 0.3) is 0 Å². The maximum absolute atomic E-state index is 5.79. The quantitative estimate of drug-likeness (QED) is 0.0557. The van der Waals surface area contributed by atoms with E-state index in [-0.39, 0.29) is 0 Å². The molecule has 0 unspecified atom stereocenters. The van der Waals surface area contributed by atoms with E-state index >= 15 is 0 Å². The first-order valence-corrected chi connectivity index (χ1v) is 19.2. The molecular weight excluding hydrogens is 729 g/mol. The summed E-state index contributed by atoms with van der Waals surface area (Å²) in [5.74, 6) is 0. The van der Waals surface area contributed by atoms with Crippen molar-refractivity contribution in [1.29, 1.82) is 0 Å². The van der Waals surface area contributed by atoms with Crippen LogP contribution in [0, 0.1) is 0 Å². The van der Waals surface area contributed by atoms with Gasteiger partial charge in [-0.15, -0.1) is 0 Å². The number of alkyl halides is 1. The van der Waals surface area contributed by atoms with E-state index in [1.165, 1.54) is 23.7 Å². The standard InChI is InChI=1S/C33H66INO12/c34-7-3-1-2-4-10-36-11-12-37-13-14-38-15-16-39-17-18-40-19-20-41-21-22-42-23-24-43-25-26-44-27-28-45-29-30-46-31-32-47-33-5-8-35-9-6-33/h33,35H,1-32H2. The van der Waals surface area contributed by atoms with Crippen molar-refractivity contribution in [2.75, 3.05) is 169 Å². The lowest BCUT2D eigenvalue weighted by molar-refractivity contribution is -0.0326. The molecule has 1 fully saturated rings. The molecule has 0 spiro atoms. The fourth-order valence-electron chi connectivity index (χ4n) is 4.19. The number of hydrogen-bond acceptors (Lipinski definition) is 13. The Kier molecular flexibility index (Phi) is 39.1. The van der Waals surface area contributed by atoms with E-state index < -0.39 is 0 Å². The van der Waals surface area contributed by atoms with Crippen LogP contribution in [0.15, 0.2) is 0 Å². The maximum Gasteiger partial charge on any atom is 0.0704 e. The SMILES string of the molecule is ICCCCCCOCCOCCOCCOCCOCCOCCOCCOCCOCCOCCOCCOC1CCNCC1. The summed E-state index contributed by atoms with van der Waals surface area (Å²) in [4.78, 5) is 0. The van der Waals surface area contributed by atoms with E-state index in [0.29, 0.717) is 151 Å². The minimum absolute atomic E-state index is 0.374. The molecule has 0 radical (unpaired) electrons. The Bertz CT molecular complexity index is 582. The molecule has 0 atom stereocenters. The van der Waals surface area contributed by atoms with Crippen LogP contribution < -0.4 is 5.32 Å². The number of halogens is 1. The van der Waals surface area contributed by atoms with Gasteiger partial charge < -0.3 is 62.2 Å². The van der Waals surface area contributed by atoms with Gasteiger partial charge in [0.25, 0.3) is 0 Å². The fourth-order valence-corrected chi connectivity index (χ4v) is 4.73. The van der Waals surface area contributed by atoms with Crippen LogP contribution in [-0.2, 0) is 56.8 Å². The number of rotatable bonds is 40. The van der Waals surface area contributed by atoms with E-state index in [1.807, 2.05) is 0 Å². The van der Waals surface area contributed by atoms with Crippen molar-refractivity contribution >= 4 is 22.6 Å². The summed E-state index contributed by atoms with van der Waals surface area (Å²) in [7, 11) is 0. The Labute approximate surface area is 298 Å². The molecule has 1 rings (SSSR count). The largest absolute Gasteiger partial charge is 0.379 e. The van der Waals surface area contributed by atoms with Gasteiger partial charge in [-0.25, -0.2) is 0 Å². The zero-order valence-corrected chi connectivity index (χ0v) is 31.1. The van der Waals surface area contributed by atoms with Gasteiger partial charge in [0.05, 0.1) is 151 Å². The number of unbranched alkanes of at least 4 members (excludes halogenated alkanes) is 3. The average Bonchev–Trinajstić information content (AvgIpc) is 3.09. The van der Waals surface area contributed by atoms with Crippen LogP contribution in [-0.4, -0.2) is 176 Å². The monoisotopic (exact) mass is 795 g/mol. The van der Waals surface area contributed by atoms with Gasteiger partial charge in [-0.1, -0.05) is 35.4 Å². The Morgan fingerprint density at radius 2 is 0.617 bits per heavy atom. The number of piperidine rings is 1. The molecule has 1 saturated heterocycles. The van der Waals surface area contributed by atoms with Crippen LogP contribution in [0.2, 0.25) is 0 Å². The summed E-state index contributed by atoms with van der Waals surface area (Å²) in [5, 5.41) is 3.33. The highest BCUT2D eigenvalue weighted by atomic mass is 127. The maximum atomic E-state index is 5.79. The molecule has 0 bridgehead atoms. The van der Waals surface area contributed by atoms with Crippen molar-refractivity contribution in [3.63, 3.8) is 0 Å². The average molecular weight is 796 g/mol. The van der Waals surface area contributed by atoms with Crippen molar-refractivity contribution in [2.24, 2.45) is 0 Å². The summed E-state index contributed by atoms with van der Waals surface area (Å²) in [6.07, 6.45) is 7.52. The Balaban J connectivity index is 1.59.